The van der Waals surface area contributed by atoms with E-state index in [1.54, 1.807) is 24.3 Å². The number of nitrogens with one attached hydrogen (secondary N) is 1. The number of carbonyl (C=O) groups excluding carboxylic acids is 1. The second-order valence-electron chi connectivity index (χ2n) is 7.45. The van der Waals surface area contributed by atoms with Gasteiger partial charge < -0.3 is 19.1 Å². The lowest BCUT2D eigenvalue weighted by molar-refractivity contribution is 0.0683. The van der Waals surface area contributed by atoms with E-state index in [1.807, 2.05) is 0 Å². The lowest BCUT2D eigenvalue weighted by atomic mass is 9.99. The van der Waals surface area contributed by atoms with Gasteiger partial charge >= 0.3 is 0 Å². The molecule has 0 radical (unpaired) electrons. The zero-order chi connectivity index (χ0) is 23.7. The highest BCUT2D eigenvalue weighted by Crippen LogP contribution is 2.28. The number of halogens is 2. The second kappa shape index (κ2) is 9.44. The van der Waals surface area contributed by atoms with E-state index in [9.17, 15) is 27.8 Å². The van der Waals surface area contributed by atoms with Crippen molar-refractivity contribution in [2.24, 2.45) is 0 Å². The minimum atomic E-state index is -2.48. The van der Waals surface area contributed by atoms with Gasteiger partial charge in [0.1, 0.15) is 5.82 Å². The third kappa shape index (κ3) is 4.69. The predicted molar refractivity (Wildman–Crippen MR) is 120 cm³/mol. The molecule has 2 aromatic carbocycles. The Balaban J connectivity index is 1.69. The summed E-state index contributed by atoms with van der Waals surface area (Å²) in [5, 5.41) is 10.6. The van der Waals surface area contributed by atoms with Crippen LogP contribution in [0.4, 0.5) is 4.39 Å². The summed E-state index contributed by atoms with van der Waals surface area (Å²) in [4.78, 5) is 27.5. The zero-order valence-electron chi connectivity index (χ0n) is 17.1. The number of amides is 1. The zero-order valence-corrected chi connectivity index (χ0v) is 18.7. The summed E-state index contributed by atoms with van der Waals surface area (Å²) in [5.74, 6) is -1.79. The van der Waals surface area contributed by atoms with Crippen molar-refractivity contribution in [2.45, 2.75) is 19.6 Å². The van der Waals surface area contributed by atoms with Gasteiger partial charge in [-0.05, 0) is 28.8 Å². The molecule has 33 heavy (non-hydrogen) atoms. The van der Waals surface area contributed by atoms with Gasteiger partial charge in [0.25, 0.3) is 5.91 Å². The fourth-order valence-corrected chi connectivity index (χ4v) is 4.28. The number of hydrogen-bond acceptors (Lipinski definition) is 5. The van der Waals surface area contributed by atoms with Crippen molar-refractivity contribution in [3.05, 3.63) is 86.5 Å². The molecule has 1 aliphatic rings. The maximum atomic E-state index is 13.4. The van der Waals surface area contributed by atoms with Crippen molar-refractivity contribution < 1.29 is 23.1 Å². The minimum absolute atomic E-state index is 0.0405. The summed E-state index contributed by atoms with van der Waals surface area (Å²) in [5.41, 5.74) is 0.866. The quantitative estimate of drug-likeness (QED) is 0.515. The van der Waals surface area contributed by atoms with Gasteiger partial charge in [-0.3, -0.25) is 13.8 Å². The number of nitrogens with zero attached hydrogens (tertiary/aromatic N) is 2. The number of hydrogen-bond donors (Lipinski definition) is 2. The van der Waals surface area contributed by atoms with Crippen molar-refractivity contribution in [1.29, 1.82) is 0 Å². The van der Waals surface area contributed by atoms with E-state index in [0.29, 0.717) is 29.8 Å². The summed E-state index contributed by atoms with van der Waals surface area (Å²) in [6.07, 6.45) is 1.49. The van der Waals surface area contributed by atoms with Gasteiger partial charge in [0.2, 0.25) is 5.43 Å². The third-order valence-electron chi connectivity index (χ3n) is 5.40. The van der Waals surface area contributed by atoms with Gasteiger partial charge in [0, 0.05) is 49.2 Å². The molecule has 8 nitrogen and oxygen atoms in total. The van der Waals surface area contributed by atoms with Crippen LogP contribution < -0.4 is 10.2 Å². The van der Waals surface area contributed by atoms with Crippen LogP contribution in [0.3, 0.4) is 0 Å². The van der Waals surface area contributed by atoms with Crippen LogP contribution in [0.2, 0.25) is 5.02 Å². The smallest absolute Gasteiger partial charge is 0.274 e. The fourth-order valence-electron chi connectivity index (χ4n) is 3.81. The molecule has 1 unspecified atom stereocenters. The number of aromatic nitrogens is 1. The number of aromatic hydroxyl groups is 1. The molecule has 0 saturated heterocycles. The Kier molecular flexibility index (Phi) is 6.61. The van der Waals surface area contributed by atoms with E-state index in [2.05, 4.69) is 4.72 Å². The average Bonchev–Trinajstić information content (AvgIpc) is 2.79. The van der Waals surface area contributed by atoms with Crippen LogP contribution in [-0.2, 0) is 30.9 Å². The molecule has 0 saturated carbocycles. The first-order chi connectivity index (χ1) is 15.8. The third-order valence-corrected chi connectivity index (χ3v) is 6.07. The van der Waals surface area contributed by atoms with Gasteiger partial charge in [-0.2, -0.15) is 0 Å². The summed E-state index contributed by atoms with van der Waals surface area (Å²) in [6.45, 7) is 0.693. The first kappa shape index (κ1) is 23.1. The standard InChI is InChI=1S/C22H19ClFN3O5S/c23-17-9-13(5-6-18(17)24)11-27-8-7-26-12-16(20(28)21(29)19(26)22(27)30)15-4-2-1-3-14(15)10-25-33(31)32/h1-6,9,12,25,29H,7-8,10-11H2,(H,31,32)/p-1. The van der Waals surface area contributed by atoms with Crippen molar-refractivity contribution in [3.63, 3.8) is 0 Å². The Labute approximate surface area is 195 Å². The molecule has 0 fully saturated rings. The number of rotatable bonds is 6. The van der Waals surface area contributed by atoms with E-state index >= 15 is 0 Å². The molecule has 2 N–H and O–H groups in total. The molecule has 4 rings (SSSR count). The fraction of sp³-hybridized carbons (Fsp3) is 0.182. The van der Waals surface area contributed by atoms with E-state index in [-0.39, 0.29) is 29.4 Å². The van der Waals surface area contributed by atoms with E-state index < -0.39 is 34.2 Å². The molecule has 172 valence electrons. The van der Waals surface area contributed by atoms with Crippen LogP contribution in [0.15, 0.2) is 53.5 Å². The first-order valence-corrected chi connectivity index (χ1v) is 11.3. The Morgan fingerprint density at radius 3 is 2.64 bits per heavy atom. The molecule has 11 heteroatoms. The molecule has 1 amide bonds. The predicted octanol–water partition coefficient (Wildman–Crippen LogP) is 2.55. The minimum Gasteiger partial charge on any atom is -0.760 e. The van der Waals surface area contributed by atoms with Gasteiger partial charge in [0.15, 0.2) is 11.4 Å². The van der Waals surface area contributed by atoms with Crippen LogP contribution in [0.5, 0.6) is 5.75 Å². The van der Waals surface area contributed by atoms with Crippen LogP contribution in [-0.4, -0.2) is 35.8 Å². The van der Waals surface area contributed by atoms with E-state index in [0.717, 1.165) is 0 Å². The van der Waals surface area contributed by atoms with Crippen LogP contribution in [0, 0.1) is 5.82 Å². The molecule has 0 bridgehead atoms. The molecule has 2 heterocycles. The maximum absolute atomic E-state index is 13.4. The molecular weight excluding hydrogens is 473 g/mol. The monoisotopic (exact) mass is 490 g/mol. The van der Waals surface area contributed by atoms with Crippen molar-refractivity contribution >= 4 is 28.8 Å². The van der Waals surface area contributed by atoms with Gasteiger partial charge in [0.05, 0.1) is 5.02 Å². The number of pyridine rings is 1. The second-order valence-corrected chi connectivity index (χ2v) is 8.62. The van der Waals surface area contributed by atoms with Crippen LogP contribution in [0.1, 0.15) is 21.6 Å². The highest BCUT2D eigenvalue weighted by molar-refractivity contribution is 7.77. The normalized spacial score (nSPS) is 14.3. The largest absolute Gasteiger partial charge is 0.760 e. The number of benzene rings is 2. The molecule has 3 aromatic rings. The first-order valence-electron chi connectivity index (χ1n) is 9.87. The molecule has 1 atom stereocenters. The lowest BCUT2D eigenvalue weighted by Crippen LogP contribution is -2.41. The summed E-state index contributed by atoms with van der Waals surface area (Å²) in [6, 6.07) is 10.8. The highest BCUT2D eigenvalue weighted by atomic mass is 35.5. The molecule has 0 aliphatic carbocycles. The molecular formula is C22H18ClFN3O5S-. The SMILES string of the molecule is O=C1c2c(O)c(=O)c(-c3ccccc3CNS(=O)[O-])cn2CCN1Cc1ccc(F)c(Cl)c1. The van der Waals surface area contributed by atoms with Gasteiger partial charge in [-0.25, -0.2) is 9.11 Å². The lowest BCUT2D eigenvalue weighted by Gasteiger charge is -2.31. The molecule has 0 spiro atoms. The van der Waals surface area contributed by atoms with Crippen molar-refractivity contribution in [1.82, 2.24) is 14.2 Å². The number of carbonyl (C=O) groups is 1. The Morgan fingerprint density at radius 1 is 1.15 bits per heavy atom. The summed E-state index contributed by atoms with van der Waals surface area (Å²) >= 11 is 3.34. The Hall–Kier alpha value is -3.05. The maximum Gasteiger partial charge on any atom is 0.274 e. The highest BCUT2D eigenvalue weighted by Gasteiger charge is 2.30. The molecule has 1 aliphatic heterocycles. The average molecular weight is 491 g/mol. The Morgan fingerprint density at radius 2 is 1.91 bits per heavy atom. The topological polar surface area (TPSA) is 115 Å². The van der Waals surface area contributed by atoms with Crippen molar-refractivity contribution in [3.8, 4) is 16.9 Å². The number of fused-ring (bicyclic) bond motifs is 1. The van der Waals surface area contributed by atoms with Crippen LogP contribution >= 0.6 is 11.6 Å². The molecule has 1 aromatic heterocycles. The van der Waals surface area contributed by atoms with E-state index in [4.69, 9.17) is 11.6 Å². The summed E-state index contributed by atoms with van der Waals surface area (Å²) in [7, 11) is 0. The van der Waals surface area contributed by atoms with Gasteiger partial charge in [-0.1, -0.05) is 41.9 Å². The Bertz CT molecular complexity index is 1330. The van der Waals surface area contributed by atoms with Crippen LogP contribution in [0.25, 0.3) is 11.1 Å². The summed E-state index contributed by atoms with van der Waals surface area (Å²) < 4.78 is 39.0. The van der Waals surface area contributed by atoms with Crippen molar-refractivity contribution in [2.75, 3.05) is 6.54 Å². The van der Waals surface area contributed by atoms with Gasteiger partial charge in [-0.15, -0.1) is 0 Å². The van der Waals surface area contributed by atoms with E-state index in [1.165, 1.54) is 33.9 Å².